The van der Waals surface area contributed by atoms with Gasteiger partial charge in [-0.3, -0.25) is 4.90 Å². The second-order valence-electron chi connectivity index (χ2n) is 6.54. The molecular weight excluding hydrogens is 210 g/mol. The van der Waals surface area contributed by atoms with Crippen LogP contribution in [0, 0.1) is 11.8 Å². The summed E-state index contributed by atoms with van der Waals surface area (Å²) in [5, 5.41) is 10.2. The van der Waals surface area contributed by atoms with Gasteiger partial charge in [-0.1, -0.05) is 25.7 Å². The highest BCUT2D eigenvalue weighted by Gasteiger charge is 2.45. The molecule has 1 saturated heterocycles. The molecule has 0 aromatic rings. The lowest BCUT2D eigenvalue weighted by Crippen LogP contribution is -2.59. The molecular formula is C15H27NO. The number of hydrogen-bond donors (Lipinski definition) is 1. The number of likely N-dealkylation sites (tertiary alicyclic amines) is 1. The highest BCUT2D eigenvalue weighted by atomic mass is 16.3. The summed E-state index contributed by atoms with van der Waals surface area (Å²) < 4.78 is 0. The maximum Gasteiger partial charge on any atom is 0.105 e. The highest BCUT2D eigenvalue weighted by molar-refractivity contribution is 4.97. The first-order valence-corrected chi connectivity index (χ1v) is 7.73. The van der Waals surface area contributed by atoms with Gasteiger partial charge >= 0.3 is 0 Å². The summed E-state index contributed by atoms with van der Waals surface area (Å²) in [6, 6.07) is 1.39. The van der Waals surface area contributed by atoms with Crippen LogP contribution in [0.4, 0.5) is 0 Å². The molecule has 1 heterocycles. The van der Waals surface area contributed by atoms with E-state index in [9.17, 15) is 5.11 Å². The van der Waals surface area contributed by atoms with Gasteiger partial charge in [-0.05, 0) is 50.9 Å². The van der Waals surface area contributed by atoms with Crippen LogP contribution in [0.3, 0.4) is 0 Å². The Morgan fingerprint density at radius 1 is 0.882 bits per heavy atom. The number of fused-ring (bicyclic) bond motifs is 2. The van der Waals surface area contributed by atoms with Gasteiger partial charge in [-0.15, -0.1) is 0 Å². The summed E-state index contributed by atoms with van der Waals surface area (Å²) >= 11 is 0. The Morgan fingerprint density at radius 3 is 1.82 bits per heavy atom. The number of aliphatic hydroxyl groups excluding tert-OH is 1. The average Bonchev–Trinajstić information content (AvgIpc) is 2.35. The SMILES string of the molecule is CC(O)N1C2CCCCC2CC2CCCCC21. The molecule has 2 saturated carbocycles. The number of aliphatic hydroxyl groups is 1. The summed E-state index contributed by atoms with van der Waals surface area (Å²) in [5.74, 6) is 1.77. The van der Waals surface area contributed by atoms with E-state index in [1.165, 1.54) is 57.8 Å². The summed E-state index contributed by atoms with van der Waals surface area (Å²) in [6.45, 7) is 1.99. The van der Waals surface area contributed by atoms with Crippen LogP contribution in [0.1, 0.15) is 64.7 Å². The van der Waals surface area contributed by atoms with E-state index in [1.807, 2.05) is 6.92 Å². The molecule has 17 heavy (non-hydrogen) atoms. The maximum absolute atomic E-state index is 10.2. The monoisotopic (exact) mass is 237 g/mol. The van der Waals surface area contributed by atoms with Crippen molar-refractivity contribution in [2.45, 2.75) is 83.0 Å². The lowest BCUT2D eigenvalue weighted by atomic mass is 9.68. The summed E-state index contributed by atoms with van der Waals surface area (Å²) in [7, 11) is 0. The number of rotatable bonds is 1. The minimum atomic E-state index is -0.230. The molecule has 0 amide bonds. The van der Waals surface area contributed by atoms with Crippen LogP contribution in [0.25, 0.3) is 0 Å². The molecule has 3 aliphatic rings. The van der Waals surface area contributed by atoms with E-state index in [4.69, 9.17) is 0 Å². The van der Waals surface area contributed by atoms with Crippen LogP contribution >= 0.6 is 0 Å². The summed E-state index contributed by atoms with van der Waals surface area (Å²) in [6.07, 6.45) is 12.3. The third-order valence-corrected chi connectivity index (χ3v) is 5.54. The second kappa shape index (κ2) is 4.89. The summed E-state index contributed by atoms with van der Waals surface area (Å²) in [5.41, 5.74) is 0. The van der Waals surface area contributed by atoms with Gasteiger partial charge in [-0.2, -0.15) is 0 Å². The largest absolute Gasteiger partial charge is 0.379 e. The predicted octanol–water partition coefficient (Wildman–Crippen LogP) is 3.15. The minimum Gasteiger partial charge on any atom is -0.379 e. The molecule has 2 nitrogen and oxygen atoms in total. The van der Waals surface area contributed by atoms with Crippen molar-refractivity contribution in [1.29, 1.82) is 0 Å². The Kier molecular flexibility index (Phi) is 3.45. The number of hydrogen-bond acceptors (Lipinski definition) is 2. The second-order valence-corrected chi connectivity index (χ2v) is 6.54. The van der Waals surface area contributed by atoms with Crippen LogP contribution in [0.5, 0.6) is 0 Å². The van der Waals surface area contributed by atoms with E-state index >= 15 is 0 Å². The van der Waals surface area contributed by atoms with Crippen LogP contribution in [0.2, 0.25) is 0 Å². The number of piperidine rings is 1. The molecule has 0 radical (unpaired) electrons. The third-order valence-electron chi connectivity index (χ3n) is 5.54. The molecule has 1 aliphatic heterocycles. The van der Waals surface area contributed by atoms with Gasteiger partial charge in [0.15, 0.2) is 0 Å². The normalized spacial score (nSPS) is 44.8. The van der Waals surface area contributed by atoms with Gasteiger partial charge < -0.3 is 5.11 Å². The van der Waals surface area contributed by atoms with Crippen molar-refractivity contribution in [3.8, 4) is 0 Å². The zero-order chi connectivity index (χ0) is 11.8. The van der Waals surface area contributed by atoms with Gasteiger partial charge in [0.1, 0.15) is 6.23 Å². The molecule has 0 bridgehead atoms. The molecule has 0 aromatic heterocycles. The predicted molar refractivity (Wildman–Crippen MR) is 69.6 cm³/mol. The molecule has 0 spiro atoms. The molecule has 5 atom stereocenters. The fourth-order valence-corrected chi connectivity index (χ4v) is 4.90. The molecule has 2 heteroatoms. The maximum atomic E-state index is 10.2. The van der Waals surface area contributed by atoms with Crippen LogP contribution < -0.4 is 0 Å². The van der Waals surface area contributed by atoms with E-state index in [0.717, 1.165) is 11.8 Å². The van der Waals surface area contributed by atoms with Gasteiger partial charge in [0, 0.05) is 12.1 Å². The molecule has 3 rings (SSSR count). The van der Waals surface area contributed by atoms with Crippen molar-refractivity contribution >= 4 is 0 Å². The molecule has 5 unspecified atom stereocenters. The smallest absolute Gasteiger partial charge is 0.105 e. The molecule has 98 valence electrons. The Hall–Kier alpha value is -0.0800. The lowest BCUT2D eigenvalue weighted by Gasteiger charge is -2.54. The fraction of sp³-hybridized carbons (Fsp3) is 1.00. The summed E-state index contributed by atoms with van der Waals surface area (Å²) in [4.78, 5) is 2.51. The van der Waals surface area contributed by atoms with Crippen molar-refractivity contribution in [1.82, 2.24) is 4.90 Å². The van der Waals surface area contributed by atoms with Crippen molar-refractivity contribution in [3.63, 3.8) is 0 Å². The van der Waals surface area contributed by atoms with E-state index in [1.54, 1.807) is 0 Å². The van der Waals surface area contributed by atoms with Crippen molar-refractivity contribution in [2.24, 2.45) is 11.8 Å². The first-order valence-electron chi connectivity index (χ1n) is 7.73. The first kappa shape index (κ1) is 12.0. The van der Waals surface area contributed by atoms with Gasteiger partial charge in [0.2, 0.25) is 0 Å². The fourth-order valence-electron chi connectivity index (χ4n) is 4.90. The Morgan fingerprint density at radius 2 is 1.35 bits per heavy atom. The minimum absolute atomic E-state index is 0.230. The van der Waals surface area contributed by atoms with E-state index in [2.05, 4.69) is 4.90 Å². The zero-order valence-corrected chi connectivity index (χ0v) is 11.1. The van der Waals surface area contributed by atoms with Crippen LogP contribution in [0.15, 0.2) is 0 Å². The standard InChI is InChI=1S/C15H27NO/c1-11(17)16-14-8-4-2-6-12(14)10-13-7-3-5-9-15(13)16/h11-15,17H,2-10H2,1H3. The molecule has 1 N–H and O–H groups in total. The Bertz CT molecular complexity index is 244. The van der Waals surface area contributed by atoms with Crippen molar-refractivity contribution in [3.05, 3.63) is 0 Å². The van der Waals surface area contributed by atoms with Crippen molar-refractivity contribution in [2.75, 3.05) is 0 Å². The van der Waals surface area contributed by atoms with Crippen LogP contribution in [-0.4, -0.2) is 28.3 Å². The average molecular weight is 237 g/mol. The van der Waals surface area contributed by atoms with Gasteiger partial charge in [-0.25, -0.2) is 0 Å². The zero-order valence-electron chi connectivity index (χ0n) is 11.1. The third kappa shape index (κ3) is 2.15. The Labute approximate surface area is 105 Å². The van der Waals surface area contributed by atoms with E-state index in [0.29, 0.717) is 12.1 Å². The Balaban J connectivity index is 1.82. The quantitative estimate of drug-likeness (QED) is 0.757. The topological polar surface area (TPSA) is 23.5 Å². The molecule has 2 aliphatic carbocycles. The first-order chi connectivity index (χ1) is 8.27. The molecule has 0 aromatic carbocycles. The van der Waals surface area contributed by atoms with Crippen molar-refractivity contribution < 1.29 is 5.11 Å². The van der Waals surface area contributed by atoms with Crippen LogP contribution in [-0.2, 0) is 0 Å². The van der Waals surface area contributed by atoms with E-state index in [-0.39, 0.29) is 6.23 Å². The van der Waals surface area contributed by atoms with Gasteiger partial charge in [0.25, 0.3) is 0 Å². The highest BCUT2D eigenvalue weighted by Crippen LogP contribution is 2.45. The molecule has 3 fully saturated rings. The number of nitrogens with zero attached hydrogens (tertiary/aromatic N) is 1. The van der Waals surface area contributed by atoms with Gasteiger partial charge in [0.05, 0.1) is 0 Å². The lowest BCUT2D eigenvalue weighted by molar-refractivity contribution is -0.122. The van der Waals surface area contributed by atoms with E-state index < -0.39 is 0 Å².